The second kappa shape index (κ2) is 6.06. The molecule has 0 bridgehead atoms. The van der Waals surface area contributed by atoms with Crippen molar-refractivity contribution in [1.29, 1.82) is 0 Å². The highest BCUT2D eigenvalue weighted by molar-refractivity contribution is 6.31. The zero-order valence-electron chi connectivity index (χ0n) is 11.5. The Kier molecular flexibility index (Phi) is 4.41. The number of hydrogen-bond donors (Lipinski definition) is 1. The molecule has 0 saturated heterocycles. The number of halogens is 1. The minimum atomic E-state index is -0.466. The lowest BCUT2D eigenvalue weighted by Gasteiger charge is -2.11. The fourth-order valence-corrected chi connectivity index (χ4v) is 1.79. The van der Waals surface area contributed by atoms with Crippen molar-refractivity contribution < 1.29 is 9.53 Å². The monoisotopic (exact) mass is 297 g/mol. The van der Waals surface area contributed by atoms with Crippen LogP contribution in [0.4, 0.5) is 5.69 Å². The third kappa shape index (κ3) is 3.17. The summed E-state index contributed by atoms with van der Waals surface area (Å²) in [5, 5.41) is 11.5. The van der Waals surface area contributed by atoms with Gasteiger partial charge in [0.1, 0.15) is 12.8 Å². The third-order valence-electron chi connectivity index (χ3n) is 2.80. The molecule has 1 N–H and O–H groups in total. The molecule has 0 aliphatic rings. The lowest BCUT2D eigenvalue weighted by atomic mass is 10.3. The first-order valence-electron chi connectivity index (χ1n) is 6.04. The molecule has 20 heavy (non-hydrogen) atoms. The van der Waals surface area contributed by atoms with Gasteiger partial charge in [-0.05, 0) is 13.8 Å². The molecule has 0 aliphatic carbocycles. The summed E-state index contributed by atoms with van der Waals surface area (Å²) >= 11 is 5.93. The highest BCUT2D eigenvalue weighted by Crippen LogP contribution is 2.17. The molecule has 0 spiro atoms. The number of ether oxygens (including phenoxy) is 1. The Morgan fingerprint density at radius 1 is 1.55 bits per heavy atom. The zero-order valence-corrected chi connectivity index (χ0v) is 12.3. The first kappa shape index (κ1) is 14.5. The average Bonchev–Trinajstić information content (AvgIpc) is 2.97. The van der Waals surface area contributed by atoms with Crippen LogP contribution in [0.5, 0.6) is 0 Å². The molecule has 0 saturated carbocycles. The van der Waals surface area contributed by atoms with Crippen LogP contribution in [0.15, 0.2) is 18.6 Å². The first-order chi connectivity index (χ1) is 9.51. The highest BCUT2D eigenvalue weighted by atomic mass is 35.5. The number of aryl methyl sites for hydroxylation is 1. The van der Waals surface area contributed by atoms with E-state index in [1.54, 1.807) is 44.2 Å². The van der Waals surface area contributed by atoms with Gasteiger partial charge in [0.15, 0.2) is 0 Å². The van der Waals surface area contributed by atoms with Gasteiger partial charge in [0.05, 0.1) is 28.8 Å². The minimum absolute atomic E-state index is 0.193. The summed E-state index contributed by atoms with van der Waals surface area (Å²) in [5.41, 5.74) is 1.30. The van der Waals surface area contributed by atoms with E-state index < -0.39 is 6.04 Å². The number of anilines is 1. The number of nitrogens with one attached hydrogen (secondary N) is 1. The summed E-state index contributed by atoms with van der Waals surface area (Å²) in [7, 11) is 1.58. The van der Waals surface area contributed by atoms with Crippen molar-refractivity contribution in [2.24, 2.45) is 0 Å². The number of carbonyl (C=O) groups excluding carboxylic acids is 1. The van der Waals surface area contributed by atoms with Gasteiger partial charge in [0, 0.05) is 13.3 Å². The first-order valence-corrected chi connectivity index (χ1v) is 6.42. The number of methoxy groups -OCH3 is 1. The lowest BCUT2D eigenvalue weighted by molar-refractivity contribution is -0.119. The van der Waals surface area contributed by atoms with Crippen molar-refractivity contribution in [3.05, 3.63) is 29.3 Å². The van der Waals surface area contributed by atoms with E-state index in [2.05, 4.69) is 15.5 Å². The van der Waals surface area contributed by atoms with Crippen LogP contribution in [0.3, 0.4) is 0 Å². The predicted molar refractivity (Wildman–Crippen MR) is 74.6 cm³/mol. The molecule has 7 nitrogen and oxygen atoms in total. The molecule has 0 aliphatic heterocycles. The molecule has 2 rings (SSSR count). The SMILES string of the molecule is COCn1cc(NC(=O)C(C)n2cc(Cl)c(C)n2)cn1. The van der Waals surface area contributed by atoms with E-state index >= 15 is 0 Å². The van der Waals surface area contributed by atoms with Gasteiger partial charge in [-0.25, -0.2) is 4.68 Å². The molecule has 0 radical (unpaired) electrons. The summed E-state index contributed by atoms with van der Waals surface area (Å²) in [4.78, 5) is 12.1. The molecule has 2 heterocycles. The van der Waals surface area contributed by atoms with Gasteiger partial charge in [0.25, 0.3) is 0 Å². The average molecular weight is 298 g/mol. The third-order valence-corrected chi connectivity index (χ3v) is 3.17. The van der Waals surface area contributed by atoms with Gasteiger partial charge in [-0.1, -0.05) is 11.6 Å². The van der Waals surface area contributed by atoms with Crippen LogP contribution in [-0.2, 0) is 16.3 Å². The predicted octanol–water partition coefficient (Wildman–Crippen LogP) is 1.85. The van der Waals surface area contributed by atoms with Gasteiger partial charge in [-0.2, -0.15) is 10.2 Å². The van der Waals surface area contributed by atoms with Gasteiger partial charge >= 0.3 is 0 Å². The van der Waals surface area contributed by atoms with Crippen LogP contribution in [0, 0.1) is 6.92 Å². The molecule has 2 aromatic rings. The molecular formula is C12H16ClN5O2. The Morgan fingerprint density at radius 3 is 2.90 bits per heavy atom. The largest absolute Gasteiger partial charge is 0.362 e. The van der Waals surface area contributed by atoms with E-state index in [0.717, 1.165) is 0 Å². The molecule has 1 atom stereocenters. The van der Waals surface area contributed by atoms with Crippen LogP contribution in [-0.4, -0.2) is 32.6 Å². The molecule has 0 aromatic carbocycles. The number of amides is 1. The van der Waals surface area contributed by atoms with Crippen molar-refractivity contribution >= 4 is 23.2 Å². The molecule has 1 amide bonds. The number of carbonyl (C=O) groups is 1. The van der Waals surface area contributed by atoms with Gasteiger partial charge in [-0.15, -0.1) is 0 Å². The number of rotatable bonds is 5. The van der Waals surface area contributed by atoms with Crippen LogP contribution in [0.2, 0.25) is 5.02 Å². The van der Waals surface area contributed by atoms with Gasteiger partial charge < -0.3 is 10.1 Å². The van der Waals surface area contributed by atoms with Crippen molar-refractivity contribution in [2.75, 3.05) is 12.4 Å². The molecule has 1 unspecified atom stereocenters. The summed E-state index contributed by atoms with van der Waals surface area (Å²) in [6.07, 6.45) is 4.88. The lowest BCUT2D eigenvalue weighted by Crippen LogP contribution is -2.23. The van der Waals surface area contributed by atoms with E-state index in [0.29, 0.717) is 23.1 Å². The fourth-order valence-electron chi connectivity index (χ4n) is 1.66. The normalized spacial score (nSPS) is 12.4. The Balaban J connectivity index is 2.03. The van der Waals surface area contributed by atoms with Crippen molar-refractivity contribution in [3.63, 3.8) is 0 Å². The molecular weight excluding hydrogens is 282 g/mol. The van der Waals surface area contributed by atoms with Crippen molar-refractivity contribution in [2.45, 2.75) is 26.6 Å². The number of nitrogens with zero attached hydrogens (tertiary/aromatic N) is 4. The number of aromatic nitrogens is 4. The summed E-state index contributed by atoms with van der Waals surface area (Å²) in [5.74, 6) is -0.193. The van der Waals surface area contributed by atoms with E-state index in [4.69, 9.17) is 16.3 Å². The standard InChI is InChI=1S/C12H16ClN5O2/c1-8-11(13)6-18(16-8)9(2)12(19)15-10-4-14-17(5-10)7-20-3/h4-6,9H,7H2,1-3H3,(H,15,19). The van der Waals surface area contributed by atoms with Gasteiger partial charge in [-0.3, -0.25) is 9.48 Å². The quantitative estimate of drug-likeness (QED) is 0.914. The topological polar surface area (TPSA) is 74.0 Å². The second-order valence-electron chi connectivity index (χ2n) is 4.39. The van der Waals surface area contributed by atoms with Crippen molar-refractivity contribution in [1.82, 2.24) is 19.6 Å². The van der Waals surface area contributed by atoms with Crippen LogP contribution in [0.1, 0.15) is 18.7 Å². The van der Waals surface area contributed by atoms with E-state index in [9.17, 15) is 4.79 Å². The minimum Gasteiger partial charge on any atom is -0.362 e. The maximum atomic E-state index is 12.1. The summed E-state index contributed by atoms with van der Waals surface area (Å²) < 4.78 is 8.05. The Labute approximate surface area is 121 Å². The Morgan fingerprint density at radius 2 is 2.30 bits per heavy atom. The maximum absolute atomic E-state index is 12.1. The summed E-state index contributed by atoms with van der Waals surface area (Å²) in [6.45, 7) is 3.87. The van der Waals surface area contributed by atoms with E-state index in [1.807, 2.05) is 0 Å². The van der Waals surface area contributed by atoms with E-state index in [-0.39, 0.29) is 5.91 Å². The molecule has 108 valence electrons. The fraction of sp³-hybridized carbons (Fsp3) is 0.417. The molecule has 8 heteroatoms. The Bertz CT molecular complexity index is 587. The van der Waals surface area contributed by atoms with Crippen molar-refractivity contribution in [3.8, 4) is 0 Å². The maximum Gasteiger partial charge on any atom is 0.249 e. The highest BCUT2D eigenvalue weighted by Gasteiger charge is 2.17. The molecule has 0 fully saturated rings. The molecule has 2 aromatic heterocycles. The van der Waals surface area contributed by atoms with Crippen LogP contribution < -0.4 is 5.32 Å². The van der Waals surface area contributed by atoms with Crippen LogP contribution >= 0.6 is 11.6 Å². The second-order valence-corrected chi connectivity index (χ2v) is 4.80. The summed E-state index contributed by atoms with van der Waals surface area (Å²) in [6, 6.07) is -0.466. The Hall–Kier alpha value is -1.86. The zero-order chi connectivity index (χ0) is 14.7. The number of hydrogen-bond acceptors (Lipinski definition) is 4. The smallest absolute Gasteiger partial charge is 0.249 e. The van der Waals surface area contributed by atoms with Crippen LogP contribution in [0.25, 0.3) is 0 Å². The van der Waals surface area contributed by atoms with Gasteiger partial charge in [0.2, 0.25) is 5.91 Å². The van der Waals surface area contributed by atoms with E-state index in [1.165, 1.54) is 4.68 Å².